The molecule has 3 nitrogen and oxygen atoms in total. The number of hydrogen-bond donors (Lipinski definition) is 0. The molecule has 2 aromatic carbocycles. The van der Waals surface area contributed by atoms with Crippen molar-refractivity contribution in [1.29, 1.82) is 0 Å². The third-order valence-corrected chi connectivity index (χ3v) is 4.18. The fourth-order valence-electron chi connectivity index (χ4n) is 2.94. The van der Waals surface area contributed by atoms with Crippen molar-refractivity contribution in [3.63, 3.8) is 0 Å². The van der Waals surface area contributed by atoms with Crippen LogP contribution in [-0.2, 0) is 11.2 Å². The first-order chi connectivity index (χ1) is 11.6. The fraction of sp³-hybridized carbons (Fsp3) is 0.100. The molecule has 3 aromatic rings. The topological polar surface area (TPSA) is 39.2 Å². The number of nitrogens with zero attached hydrogens (tertiary/aromatic N) is 1. The first-order valence-corrected chi connectivity index (χ1v) is 7.67. The number of aromatic nitrogens is 1. The quantitative estimate of drug-likeness (QED) is 0.521. The highest BCUT2D eigenvalue weighted by atomic mass is 19.1. The number of fused-ring (bicyclic) bond motifs is 1. The normalized spacial score (nSPS) is 12.8. The van der Waals surface area contributed by atoms with E-state index in [0.717, 1.165) is 27.9 Å². The number of pyridine rings is 1. The number of hydrogen-bond acceptors (Lipinski definition) is 3. The second kappa shape index (κ2) is 5.57. The van der Waals surface area contributed by atoms with Crippen LogP contribution in [0.4, 0.5) is 4.39 Å². The van der Waals surface area contributed by atoms with Crippen LogP contribution in [0.1, 0.15) is 11.1 Å². The van der Waals surface area contributed by atoms with Gasteiger partial charge in [0.25, 0.3) is 0 Å². The van der Waals surface area contributed by atoms with Gasteiger partial charge < -0.3 is 4.74 Å². The van der Waals surface area contributed by atoms with Gasteiger partial charge in [0.2, 0.25) is 0 Å². The van der Waals surface area contributed by atoms with Crippen molar-refractivity contribution >= 4 is 5.97 Å². The third kappa shape index (κ3) is 2.46. The summed E-state index contributed by atoms with van der Waals surface area (Å²) < 4.78 is 18.8. The third-order valence-electron chi connectivity index (χ3n) is 4.18. The Morgan fingerprint density at radius 3 is 2.75 bits per heavy atom. The number of carbonyl (C=O) groups is 1. The Labute approximate surface area is 138 Å². The monoisotopic (exact) mass is 319 g/mol. The Morgan fingerprint density at radius 1 is 1.08 bits per heavy atom. The highest BCUT2D eigenvalue weighted by Gasteiger charge is 2.21. The minimum Gasteiger partial charge on any atom is -0.426 e. The predicted molar refractivity (Wildman–Crippen MR) is 89.1 cm³/mol. The van der Waals surface area contributed by atoms with Gasteiger partial charge in [0.15, 0.2) is 0 Å². The molecule has 24 heavy (non-hydrogen) atoms. The molecule has 0 amide bonds. The maximum Gasteiger partial charge on any atom is 0.315 e. The molecular weight excluding hydrogens is 305 g/mol. The van der Waals surface area contributed by atoms with E-state index in [2.05, 4.69) is 4.98 Å². The smallest absolute Gasteiger partial charge is 0.315 e. The first-order valence-electron chi connectivity index (χ1n) is 7.67. The van der Waals surface area contributed by atoms with Crippen molar-refractivity contribution < 1.29 is 13.9 Å². The van der Waals surface area contributed by atoms with E-state index in [-0.39, 0.29) is 11.8 Å². The van der Waals surface area contributed by atoms with Crippen molar-refractivity contribution in [3.05, 3.63) is 71.7 Å². The van der Waals surface area contributed by atoms with Gasteiger partial charge in [0, 0.05) is 22.9 Å². The summed E-state index contributed by atoms with van der Waals surface area (Å²) in [4.78, 5) is 15.9. The van der Waals surface area contributed by atoms with Gasteiger partial charge in [-0.05, 0) is 48.4 Å². The lowest BCUT2D eigenvalue weighted by atomic mass is 9.97. The molecule has 0 unspecified atom stereocenters. The summed E-state index contributed by atoms with van der Waals surface area (Å²) >= 11 is 0. The Hall–Kier alpha value is -3.01. The minimum absolute atomic E-state index is 0.234. The van der Waals surface area contributed by atoms with Gasteiger partial charge in [-0.1, -0.05) is 18.2 Å². The van der Waals surface area contributed by atoms with Crippen LogP contribution in [0.25, 0.3) is 22.4 Å². The van der Waals surface area contributed by atoms with E-state index < -0.39 is 0 Å². The molecule has 4 heteroatoms. The highest BCUT2D eigenvalue weighted by molar-refractivity contribution is 5.85. The average Bonchev–Trinajstić information content (AvgIpc) is 2.96. The predicted octanol–water partition coefficient (Wildman–Crippen LogP) is 4.32. The van der Waals surface area contributed by atoms with Gasteiger partial charge in [-0.3, -0.25) is 9.78 Å². The lowest BCUT2D eigenvalue weighted by molar-refractivity contribution is -0.131. The Bertz CT molecular complexity index is 966. The van der Waals surface area contributed by atoms with Crippen LogP contribution in [0.3, 0.4) is 0 Å². The summed E-state index contributed by atoms with van der Waals surface area (Å²) in [6.07, 6.45) is 2.03. The molecule has 0 bridgehead atoms. The molecule has 2 heterocycles. The molecule has 0 saturated carbocycles. The summed E-state index contributed by atoms with van der Waals surface area (Å²) in [7, 11) is 0. The van der Waals surface area contributed by atoms with Crippen LogP contribution in [0, 0.1) is 12.7 Å². The number of esters is 1. The van der Waals surface area contributed by atoms with Crippen molar-refractivity contribution in [1.82, 2.24) is 4.98 Å². The van der Waals surface area contributed by atoms with E-state index in [4.69, 9.17) is 4.74 Å². The molecule has 0 atom stereocenters. The number of aryl methyl sites for hydroxylation is 1. The maximum atomic E-state index is 13.6. The van der Waals surface area contributed by atoms with E-state index in [1.54, 1.807) is 25.3 Å². The van der Waals surface area contributed by atoms with Crippen molar-refractivity contribution in [2.24, 2.45) is 0 Å². The van der Waals surface area contributed by atoms with Crippen LogP contribution in [0.5, 0.6) is 5.75 Å². The molecule has 0 aliphatic carbocycles. The Morgan fingerprint density at radius 2 is 1.92 bits per heavy atom. The number of halogens is 1. The van der Waals surface area contributed by atoms with Crippen molar-refractivity contribution in [2.45, 2.75) is 13.3 Å². The molecular formula is C20H14FNO2. The maximum absolute atomic E-state index is 13.6. The van der Waals surface area contributed by atoms with Crippen molar-refractivity contribution in [2.75, 3.05) is 0 Å². The van der Waals surface area contributed by atoms with Crippen LogP contribution in [0.15, 0.2) is 54.7 Å². The van der Waals surface area contributed by atoms with E-state index in [1.807, 2.05) is 30.3 Å². The van der Waals surface area contributed by atoms with Gasteiger partial charge in [0.05, 0.1) is 12.1 Å². The summed E-state index contributed by atoms with van der Waals surface area (Å²) in [6.45, 7) is 1.73. The zero-order valence-electron chi connectivity index (χ0n) is 13.0. The van der Waals surface area contributed by atoms with Crippen LogP contribution < -0.4 is 4.74 Å². The number of carbonyl (C=O) groups excluding carboxylic acids is 1. The molecule has 1 aromatic heterocycles. The molecule has 0 spiro atoms. The molecule has 118 valence electrons. The molecule has 0 N–H and O–H groups in total. The first kappa shape index (κ1) is 14.6. The second-order valence-electron chi connectivity index (χ2n) is 5.84. The van der Waals surface area contributed by atoms with E-state index in [0.29, 0.717) is 17.7 Å². The summed E-state index contributed by atoms with van der Waals surface area (Å²) in [6, 6.07) is 14.5. The number of rotatable bonds is 2. The lowest BCUT2D eigenvalue weighted by Gasteiger charge is -2.11. The fourth-order valence-corrected chi connectivity index (χ4v) is 2.94. The second-order valence-corrected chi connectivity index (χ2v) is 5.84. The SMILES string of the molecule is Cc1cc(-c2ncccc2-c2ccc3c(c2)OC(=O)C3)ccc1F. The van der Waals surface area contributed by atoms with Crippen LogP contribution in [-0.4, -0.2) is 11.0 Å². The largest absolute Gasteiger partial charge is 0.426 e. The molecule has 0 saturated heterocycles. The lowest BCUT2D eigenvalue weighted by Crippen LogP contribution is -2.00. The van der Waals surface area contributed by atoms with E-state index >= 15 is 0 Å². The molecule has 1 aliphatic heterocycles. The van der Waals surface area contributed by atoms with Gasteiger partial charge in [-0.15, -0.1) is 0 Å². The van der Waals surface area contributed by atoms with Crippen LogP contribution >= 0.6 is 0 Å². The van der Waals surface area contributed by atoms with Gasteiger partial charge in [-0.25, -0.2) is 4.39 Å². The van der Waals surface area contributed by atoms with E-state index in [1.165, 1.54) is 6.07 Å². The number of ether oxygens (including phenoxy) is 1. The molecule has 4 rings (SSSR count). The Kier molecular flexibility index (Phi) is 3.38. The summed E-state index contributed by atoms with van der Waals surface area (Å²) in [5, 5.41) is 0. The van der Waals surface area contributed by atoms with Gasteiger partial charge >= 0.3 is 5.97 Å². The van der Waals surface area contributed by atoms with Gasteiger partial charge in [-0.2, -0.15) is 0 Å². The van der Waals surface area contributed by atoms with E-state index in [9.17, 15) is 9.18 Å². The van der Waals surface area contributed by atoms with Crippen LogP contribution in [0.2, 0.25) is 0 Å². The number of benzene rings is 2. The summed E-state index contributed by atoms with van der Waals surface area (Å²) in [5.41, 5.74) is 4.91. The van der Waals surface area contributed by atoms with Gasteiger partial charge in [0.1, 0.15) is 11.6 Å². The van der Waals surface area contributed by atoms with Crippen molar-refractivity contribution in [3.8, 4) is 28.1 Å². The molecule has 1 aliphatic rings. The molecule has 0 radical (unpaired) electrons. The average molecular weight is 319 g/mol. The summed E-state index contributed by atoms with van der Waals surface area (Å²) in [5.74, 6) is 0.131. The minimum atomic E-state index is -0.235. The standard InChI is InChI=1S/C20H14FNO2/c1-12-9-15(6-7-17(12)21)20-16(3-2-8-22-20)13-4-5-14-11-19(23)24-18(14)10-13/h2-10H,11H2,1H3. The zero-order chi connectivity index (χ0) is 16.7. The highest BCUT2D eigenvalue weighted by Crippen LogP contribution is 2.35. The Balaban J connectivity index is 1.84. The molecule has 0 fully saturated rings. The zero-order valence-corrected chi connectivity index (χ0v) is 13.0.